The molecule has 14 heavy (non-hydrogen) atoms. The largest absolute Gasteiger partial charge is 0.382 e. The van der Waals surface area contributed by atoms with E-state index in [1.54, 1.807) is 0 Å². The average Bonchev–Trinajstić information content (AvgIpc) is 2.20. The van der Waals surface area contributed by atoms with Crippen molar-refractivity contribution in [1.29, 1.82) is 0 Å². The van der Waals surface area contributed by atoms with Crippen molar-refractivity contribution in [2.24, 2.45) is 0 Å². The van der Waals surface area contributed by atoms with Crippen LogP contribution in [0.15, 0.2) is 12.1 Å². The third-order valence-corrected chi connectivity index (χ3v) is 2.77. The van der Waals surface area contributed by atoms with Crippen LogP contribution in [0.5, 0.6) is 0 Å². The normalized spacial score (nSPS) is 22.4. The Kier molecular flexibility index (Phi) is 2.52. The van der Waals surface area contributed by atoms with E-state index < -0.39 is 0 Å². The molecule has 2 heterocycles. The van der Waals surface area contributed by atoms with E-state index in [0.717, 1.165) is 12.4 Å². The van der Waals surface area contributed by atoms with Crippen molar-refractivity contribution in [3.05, 3.63) is 12.1 Å². The zero-order valence-corrected chi connectivity index (χ0v) is 8.48. The molecule has 0 aromatic carbocycles. The Hall–Kier alpha value is -1.32. The molecule has 0 aliphatic carbocycles. The van der Waals surface area contributed by atoms with Crippen LogP contribution >= 0.6 is 0 Å². The molecule has 4 nitrogen and oxygen atoms in total. The number of anilines is 2. The first kappa shape index (κ1) is 9.24. The van der Waals surface area contributed by atoms with Crippen LogP contribution in [0.1, 0.15) is 26.2 Å². The number of nitrogens with zero attached hydrogens (tertiary/aromatic N) is 3. The van der Waals surface area contributed by atoms with Crippen molar-refractivity contribution in [3.63, 3.8) is 0 Å². The van der Waals surface area contributed by atoms with Gasteiger partial charge in [0.15, 0.2) is 5.82 Å². The molecule has 2 N–H and O–H groups in total. The minimum atomic E-state index is 0.485. The summed E-state index contributed by atoms with van der Waals surface area (Å²) >= 11 is 0. The summed E-state index contributed by atoms with van der Waals surface area (Å²) in [5.41, 5.74) is 5.50. The lowest BCUT2D eigenvalue weighted by atomic mass is 10.0. The Labute approximate surface area is 84.1 Å². The van der Waals surface area contributed by atoms with Gasteiger partial charge in [0.1, 0.15) is 5.82 Å². The van der Waals surface area contributed by atoms with Gasteiger partial charge in [0.25, 0.3) is 0 Å². The molecule has 76 valence electrons. The molecule has 1 aromatic rings. The first-order chi connectivity index (χ1) is 6.77. The molecule has 0 spiro atoms. The van der Waals surface area contributed by atoms with Gasteiger partial charge in [-0.1, -0.05) is 0 Å². The van der Waals surface area contributed by atoms with Gasteiger partial charge < -0.3 is 10.6 Å². The maximum absolute atomic E-state index is 5.50. The summed E-state index contributed by atoms with van der Waals surface area (Å²) in [4.78, 5) is 2.30. The lowest BCUT2D eigenvalue weighted by Gasteiger charge is -2.33. The van der Waals surface area contributed by atoms with E-state index in [9.17, 15) is 0 Å². The van der Waals surface area contributed by atoms with E-state index in [-0.39, 0.29) is 0 Å². The summed E-state index contributed by atoms with van der Waals surface area (Å²) < 4.78 is 0. The third kappa shape index (κ3) is 1.78. The van der Waals surface area contributed by atoms with Crippen molar-refractivity contribution in [2.45, 2.75) is 32.2 Å². The molecular formula is C10H16N4. The molecule has 1 aromatic heterocycles. The molecule has 1 aliphatic heterocycles. The minimum Gasteiger partial charge on any atom is -0.382 e. The quantitative estimate of drug-likeness (QED) is 0.731. The molecule has 1 aliphatic rings. The van der Waals surface area contributed by atoms with E-state index in [0.29, 0.717) is 11.9 Å². The van der Waals surface area contributed by atoms with Crippen LogP contribution in [0.2, 0.25) is 0 Å². The van der Waals surface area contributed by atoms with Gasteiger partial charge in [0, 0.05) is 12.6 Å². The van der Waals surface area contributed by atoms with Crippen LogP contribution in [0.3, 0.4) is 0 Å². The molecule has 1 saturated heterocycles. The van der Waals surface area contributed by atoms with E-state index >= 15 is 0 Å². The third-order valence-electron chi connectivity index (χ3n) is 2.77. The van der Waals surface area contributed by atoms with Crippen molar-refractivity contribution < 1.29 is 0 Å². The number of aromatic nitrogens is 2. The molecule has 1 atom stereocenters. The van der Waals surface area contributed by atoms with Crippen LogP contribution in [0.4, 0.5) is 11.6 Å². The van der Waals surface area contributed by atoms with Crippen molar-refractivity contribution in [1.82, 2.24) is 10.2 Å². The van der Waals surface area contributed by atoms with E-state index in [2.05, 4.69) is 22.0 Å². The molecule has 1 fully saturated rings. The SMILES string of the molecule is C[C@H]1CCCCN1c1ccc(N)nn1. The summed E-state index contributed by atoms with van der Waals surface area (Å²) in [5, 5.41) is 7.98. The lowest BCUT2D eigenvalue weighted by molar-refractivity contribution is 0.480. The number of nitrogen functional groups attached to an aromatic ring is 1. The van der Waals surface area contributed by atoms with Gasteiger partial charge in [-0.3, -0.25) is 0 Å². The van der Waals surface area contributed by atoms with Gasteiger partial charge in [-0.15, -0.1) is 10.2 Å². The van der Waals surface area contributed by atoms with E-state index in [1.807, 2.05) is 12.1 Å². The van der Waals surface area contributed by atoms with E-state index in [1.165, 1.54) is 19.3 Å². The van der Waals surface area contributed by atoms with Gasteiger partial charge in [-0.05, 0) is 38.3 Å². The van der Waals surface area contributed by atoms with Crippen LogP contribution < -0.4 is 10.6 Å². The number of rotatable bonds is 1. The molecule has 2 rings (SSSR count). The van der Waals surface area contributed by atoms with Crippen molar-refractivity contribution in [2.75, 3.05) is 17.2 Å². The van der Waals surface area contributed by atoms with Crippen molar-refractivity contribution in [3.8, 4) is 0 Å². The summed E-state index contributed by atoms with van der Waals surface area (Å²) in [6.07, 6.45) is 3.81. The Bertz CT molecular complexity index is 295. The maximum Gasteiger partial charge on any atom is 0.151 e. The standard InChI is InChI=1S/C10H16N4/c1-8-4-2-3-7-14(8)10-6-5-9(11)12-13-10/h5-6,8H,2-4,7H2,1H3,(H2,11,12)/t8-/m0/s1. The fourth-order valence-corrected chi connectivity index (χ4v) is 1.93. The second-order valence-electron chi connectivity index (χ2n) is 3.85. The number of piperidine rings is 1. The predicted octanol–water partition coefficient (Wildman–Crippen LogP) is 1.44. The van der Waals surface area contributed by atoms with E-state index in [4.69, 9.17) is 5.73 Å². The van der Waals surface area contributed by atoms with Crippen LogP contribution in [0.25, 0.3) is 0 Å². The first-order valence-electron chi connectivity index (χ1n) is 5.13. The molecule has 0 unspecified atom stereocenters. The Balaban J connectivity index is 2.16. The van der Waals surface area contributed by atoms with Gasteiger partial charge >= 0.3 is 0 Å². The minimum absolute atomic E-state index is 0.485. The van der Waals surface area contributed by atoms with Gasteiger partial charge in [-0.2, -0.15) is 0 Å². The highest BCUT2D eigenvalue weighted by Crippen LogP contribution is 2.22. The summed E-state index contributed by atoms with van der Waals surface area (Å²) in [7, 11) is 0. The smallest absolute Gasteiger partial charge is 0.151 e. The summed E-state index contributed by atoms with van der Waals surface area (Å²) in [6.45, 7) is 3.32. The predicted molar refractivity (Wildman–Crippen MR) is 57.1 cm³/mol. The second-order valence-corrected chi connectivity index (χ2v) is 3.85. The molecule has 0 radical (unpaired) electrons. The summed E-state index contributed by atoms with van der Waals surface area (Å²) in [5.74, 6) is 1.44. The zero-order chi connectivity index (χ0) is 9.97. The fraction of sp³-hybridized carbons (Fsp3) is 0.600. The first-order valence-corrected chi connectivity index (χ1v) is 5.13. The number of nitrogens with two attached hydrogens (primary N) is 1. The van der Waals surface area contributed by atoms with Crippen LogP contribution in [-0.4, -0.2) is 22.8 Å². The van der Waals surface area contributed by atoms with Crippen LogP contribution in [0, 0.1) is 0 Å². The monoisotopic (exact) mass is 192 g/mol. The highest BCUT2D eigenvalue weighted by atomic mass is 15.3. The maximum atomic E-state index is 5.50. The highest BCUT2D eigenvalue weighted by molar-refractivity contribution is 5.42. The fourth-order valence-electron chi connectivity index (χ4n) is 1.93. The summed E-state index contributed by atoms with van der Waals surface area (Å²) in [6, 6.07) is 4.33. The van der Waals surface area contributed by atoms with Crippen molar-refractivity contribution >= 4 is 11.6 Å². The Morgan fingerprint density at radius 3 is 2.86 bits per heavy atom. The average molecular weight is 192 g/mol. The second kappa shape index (κ2) is 3.82. The molecule has 4 heteroatoms. The topological polar surface area (TPSA) is 55.0 Å². The number of hydrogen-bond acceptors (Lipinski definition) is 4. The van der Waals surface area contributed by atoms with Crippen LogP contribution in [-0.2, 0) is 0 Å². The molecule has 0 saturated carbocycles. The highest BCUT2D eigenvalue weighted by Gasteiger charge is 2.19. The zero-order valence-electron chi connectivity index (χ0n) is 8.48. The van der Waals surface area contributed by atoms with Gasteiger partial charge in [0.05, 0.1) is 0 Å². The molecular weight excluding hydrogens is 176 g/mol. The lowest BCUT2D eigenvalue weighted by Crippen LogP contribution is -2.38. The number of hydrogen-bond donors (Lipinski definition) is 1. The Morgan fingerprint density at radius 1 is 1.36 bits per heavy atom. The molecule has 0 bridgehead atoms. The molecule has 0 amide bonds. The Morgan fingerprint density at radius 2 is 2.21 bits per heavy atom. The van der Waals surface area contributed by atoms with Gasteiger partial charge in [0.2, 0.25) is 0 Å². The van der Waals surface area contributed by atoms with Gasteiger partial charge in [-0.25, -0.2) is 0 Å².